The molecule has 1 unspecified atom stereocenters. The zero-order chi connectivity index (χ0) is 24.6. The Balaban J connectivity index is 1.59. The van der Waals surface area contributed by atoms with Crippen molar-refractivity contribution >= 4 is 17.5 Å². The molecule has 3 aromatic carbocycles. The summed E-state index contributed by atoms with van der Waals surface area (Å²) in [6.07, 6.45) is 1.46. The normalized spacial score (nSPS) is 11.5. The lowest BCUT2D eigenvalue weighted by molar-refractivity contribution is -0.144. The maximum absolute atomic E-state index is 12.6. The molecule has 0 radical (unpaired) electrons. The summed E-state index contributed by atoms with van der Waals surface area (Å²) < 4.78 is 11.1. The van der Waals surface area contributed by atoms with E-state index in [1.807, 2.05) is 54.6 Å². The molecule has 1 heterocycles. The van der Waals surface area contributed by atoms with Crippen LogP contribution in [0.25, 0.3) is 11.3 Å². The van der Waals surface area contributed by atoms with Gasteiger partial charge in [-0.1, -0.05) is 36.4 Å². The fraction of sp³-hybridized carbons (Fsp3) is 0.179. The first-order valence-electron chi connectivity index (χ1n) is 11.4. The zero-order valence-corrected chi connectivity index (χ0v) is 19.7. The molecule has 35 heavy (non-hydrogen) atoms. The van der Waals surface area contributed by atoms with Crippen LogP contribution in [0.2, 0.25) is 0 Å². The van der Waals surface area contributed by atoms with Crippen molar-refractivity contribution in [1.29, 1.82) is 0 Å². The van der Waals surface area contributed by atoms with Crippen molar-refractivity contribution in [3.8, 4) is 22.8 Å². The first-order chi connectivity index (χ1) is 17.0. The van der Waals surface area contributed by atoms with Crippen molar-refractivity contribution in [2.45, 2.75) is 26.5 Å². The number of nitrogens with zero attached hydrogens (tertiary/aromatic N) is 3. The second-order valence-electron chi connectivity index (χ2n) is 7.88. The number of anilines is 2. The molecule has 1 atom stereocenters. The number of ether oxygens (including phenoxy) is 2. The van der Waals surface area contributed by atoms with Gasteiger partial charge in [-0.2, -0.15) is 0 Å². The van der Waals surface area contributed by atoms with Crippen LogP contribution in [0.4, 0.5) is 11.5 Å². The second kappa shape index (κ2) is 11.2. The Bertz CT molecular complexity index is 1260. The van der Waals surface area contributed by atoms with Gasteiger partial charge in [0.25, 0.3) is 0 Å². The van der Waals surface area contributed by atoms with Crippen LogP contribution >= 0.6 is 0 Å². The molecule has 0 aliphatic carbocycles. The van der Waals surface area contributed by atoms with Gasteiger partial charge in [-0.25, -0.2) is 14.8 Å². The Hall–Kier alpha value is -4.39. The monoisotopic (exact) mass is 469 g/mol. The fourth-order valence-corrected chi connectivity index (χ4v) is 3.66. The molecular formula is C28H27N3O4. The van der Waals surface area contributed by atoms with E-state index in [-0.39, 0.29) is 12.4 Å². The third kappa shape index (κ3) is 5.95. The van der Waals surface area contributed by atoms with E-state index in [1.165, 1.54) is 6.33 Å². The SMILES string of the molecule is CCOC(=O)C(C)N(c1cccc(O)c1)c1cc(-c2ccc(OCc3ccccc3)cc2)ncn1. The summed E-state index contributed by atoms with van der Waals surface area (Å²) in [4.78, 5) is 23.2. The van der Waals surface area contributed by atoms with E-state index in [9.17, 15) is 9.90 Å². The second-order valence-corrected chi connectivity index (χ2v) is 7.88. The summed E-state index contributed by atoms with van der Waals surface area (Å²) in [7, 11) is 0. The molecule has 4 rings (SSSR count). The Morgan fingerprint density at radius 1 is 0.971 bits per heavy atom. The van der Waals surface area contributed by atoms with E-state index >= 15 is 0 Å². The van der Waals surface area contributed by atoms with Gasteiger partial charge < -0.3 is 19.5 Å². The average molecular weight is 470 g/mol. The number of aromatic hydroxyl groups is 1. The Morgan fingerprint density at radius 3 is 2.46 bits per heavy atom. The summed E-state index contributed by atoms with van der Waals surface area (Å²) in [5.74, 6) is 0.953. The number of esters is 1. The van der Waals surface area contributed by atoms with Crippen LogP contribution in [-0.4, -0.2) is 33.7 Å². The highest BCUT2D eigenvalue weighted by atomic mass is 16.5. The minimum Gasteiger partial charge on any atom is -0.508 e. The molecule has 0 saturated carbocycles. The smallest absolute Gasteiger partial charge is 0.328 e. The van der Waals surface area contributed by atoms with Gasteiger partial charge in [0.15, 0.2) is 0 Å². The molecule has 0 aliphatic rings. The summed E-state index contributed by atoms with van der Waals surface area (Å²) in [6.45, 7) is 4.26. The van der Waals surface area contributed by atoms with E-state index in [0.29, 0.717) is 23.8 Å². The largest absolute Gasteiger partial charge is 0.508 e. The molecule has 178 valence electrons. The van der Waals surface area contributed by atoms with Crippen molar-refractivity contribution in [2.24, 2.45) is 0 Å². The minimum atomic E-state index is -0.673. The predicted molar refractivity (Wildman–Crippen MR) is 135 cm³/mol. The van der Waals surface area contributed by atoms with Crippen LogP contribution in [0.3, 0.4) is 0 Å². The third-order valence-electron chi connectivity index (χ3n) is 5.42. The number of phenols is 1. The lowest BCUT2D eigenvalue weighted by Crippen LogP contribution is -2.37. The molecule has 7 heteroatoms. The number of carbonyl (C=O) groups is 1. The molecular weight excluding hydrogens is 442 g/mol. The van der Waals surface area contributed by atoms with Crippen LogP contribution in [0, 0.1) is 0 Å². The van der Waals surface area contributed by atoms with Crippen molar-refractivity contribution < 1.29 is 19.4 Å². The minimum absolute atomic E-state index is 0.0870. The maximum atomic E-state index is 12.6. The first-order valence-corrected chi connectivity index (χ1v) is 11.4. The predicted octanol–water partition coefficient (Wildman–Crippen LogP) is 5.52. The number of rotatable bonds is 9. The molecule has 0 amide bonds. The van der Waals surface area contributed by atoms with E-state index < -0.39 is 12.0 Å². The van der Waals surface area contributed by atoms with Crippen LogP contribution < -0.4 is 9.64 Å². The quantitative estimate of drug-likeness (QED) is 0.323. The molecule has 4 aromatic rings. The summed E-state index contributed by atoms with van der Waals surface area (Å²) in [5, 5.41) is 10.0. The average Bonchev–Trinajstić information content (AvgIpc) is 2.89. The molecule has 0 bridgehead atoms. The molecule has 0 saturated heterocycles. The highest BCUT2D eigenvalue weighted by Crippen LogP contribution is 2.31. The topological polar surface area (TPSA) is 84.8 Å². The van der Waals surface area contributed by atoms with Crippen LogP contribution in [-0.2, 0) is 16.1 Å². The zero-order valence-electron chi connectivity index (χ0n) is 19.7. The van der Waals surface area contributed by atoms with Gasteiger partial charge in [-0.15, -0.1) is 0 Å². The number of benzene rings is 3. The highest BCUT2D eigenvalue weighted by Gasteiger charge is 2.26. The summed E-state index contributed by atoms with van der Waals surface area (Å²) in [5.41, 5.74) is 3.27. The highest BCUT2D eigenvalue weighted by molar-refractivity contribution is 5.83. The lowest BCUT2D eigenvalue weighted by atomic mass is 10.1. The van der Waals surface area contributed by atoms with Crippen molar-refractivity contribution in [2.75, 3.05) is 11.5 Å². The third-order valence-corrected chi connectivity index (χ3v) is 5.42. The molecule has 0 fully saturated rings. The van der Waals surface area contributed by atoms with Gasteiger partial charge in [0, 0.05) is 23.4 Å². The number of aromatic nitrogens is 2. The van der Waals surface area contributed by atoms with Crippen molar-refractivity contribution in [3.05, 3.63) is 96.8 Å². The molecule has 0 aliphatic heterocycles. The van der Waals surface area contributed by atoms with Crippen LogP contribution in [0.15, 0.2) is 91.3 Å². The molecule has 1 N–H and O–H groups in total. The maximum Gasteiger partial charge on any atom is 0.328 e. The standard InChI is InChI=1S/C28H27N3O4/c1-3-34-28(33)20(2)31(23-10-7-11-24(32)16-23)27-17-26(29-19-30-27)22-12-14-25(15-13-22)35-18-21-8-5-4-6-9-21/h4-17,19-20,32H,3,18H2,1-2H3. The first kappa shape index (κ1) is 23.8. The summed E-state index contributed by atoms with van der Waals surface area (Å²) in [6, 6.07) is 25.4. The van der Waals surface area contributed by atoms with Gasteiger partial charge in [0.1, 0.15) is 36.3 Å². The van der Waals surface area contributed by atoms with Gasteiger partial charge in [-0.3, -0.25) is 0 Å². The Kier molecular flexibility index (Phi) is 7.57. The van der Waals surface area contributed by atoms with E-state index in [1.54, 1.807) is 49.1 Å². The van der Waals surface area contributed by atoms with E-state index in [2.05, 4.69) is 9.97 Å². The number of hydrogen-bond acceptors (Lipinski definition) is 7. The van der Waals surface area contributed by atoms with Gasteiger partial charge in [0.05, 0.1) is 12.3 Å². The Morgan fingerprint density at radius 2 is 1.74 bits per heavy atom. The molecule has 7 nitrogen and oxygen atoms in total. The lowest BCUT2D eigenvalue weighted by Gasteiger charge is -2.29. The van der Waals surface area contributed by atoms with E-state index in [0.717, 1.165) is 16.9 Å². The van der Waals surface area contributed by atoms with Gasteiger partial charge in [-0.05, 0) is 55.8 Å². The van der Waals surface area contributed by atoms with Gasteiger partial charge in [0.2, 0.25) is 0 Å². The fourth-order valence-electron chi connectivity index (χ4n) is 3.66. The van der Waals surface area contributed by atoms with Crippen molar-refractivity contribution in [3.63, 3.8) is 0 Å². The number of carbonyl (C=O) groups excluding carboxylic acids is 1. The number of phenolic OH excluding ortho intramolecular Hbond substituents is 1. The number of hydrogen-bond donors (Lipinski definition) is 1. The molecule has 1 aromatic heterocycles. The van der Waals surface area contributed by atoms with Crippen LogP contribution in [0.5, 0.6) is 11.5 Å². The molecule has 0 spiro atoms. The van der Waals surface area contributed by atoms with Crippen LogP contribution in [0.1, 0.15) is 19.4 Å². The summed E-state index contributed by atoms with van der Waals surface area (Å²) >= 11 is 0. The van der Waals surface area contributed by atoms with Gasteiger partial charge >= 0.3 is 5.97 Å². The Labute approximate surface area is 204 Å². The van der Waals surface area contributed by atoms with Crippen molar-refractivity contribution in [1.82, 2.24) is 9.97 Å². The van der Waals surface area contributed by atoms with E-state index in [4.69, 9.17) is 9.47 Å².